The number of aromatic nitrogens is 1. The van der Waals surface area contributed by atoms with E-state index in [0.29, 0.717) is 18.1 Å². The Balaban J connectivity index is 2.09. The zero-order valence-corrected chi connectivity index (χ0v) is 13.7. The Morgan fingerprint density at radius 3 is 2.57 bits per heavy atom. The van der Waals surface area contributed by atoms with E-state index in [1.165, 1.54) is 0 Å². The molecule has 0 bridgehead atoms. The highest BCUT2D eigenvalue weighted by atomic mass is 16.5. The summed E-state index contributed by atoms with van der Waals surface area (Å²) < 4.78 is 5.31. The van der Waals surface area contributed by atoms with Crippen molar-refractivity contribution >= 4 is 11.6 Å². The van der Waals surface area contributed by atoms with Crippen LogP contribution in [0.5, 0.6) is 5.75 Å². The fourth-order valence-corrected chi connectivity index (χ4v) is 2.36. The molecule has 0 fully saturated rings. The highest BCUT2D eigenvalue weighted by Gasteiger charge is 2.15. The number of nitrogens with one attached hydrogen (secondary N) is 1. The number of nitrogens with zero attached hydrogens (tertiary/aromatic N) is 1. The van der Waals surface area contributed by atoms with E-state index in [4.69, 9.17) is 10.5 Å². The smallest absolute Gasteiger partial charge is 0.241 e. The van der Waals surface area contributed by atoms with E-state index < -0.39 is 6.04 Å². The zero-order chi connectivity index (χ0) is 16.8. The summed E-state index contributed by atoms with van der Waals surface area (Å²) in [7, 11) is 1.62. The predicted octanol–water partition coefficient (Wildman–Crippen LogP) is 3.07. The number of hydrogen-bond acceptors (Lipinski definition) is 4. The van der Waals surface area contributed by atoms with Gasteiger partial charge in [0.25, 0.3) is 0 Å². The molecule has 5 nitrogen and oxygen atoms in total. The van der Waals surface area contributed by atoms with Crippen LogP contribution in [0.4, 0.5) is 5.69 Å². The van der Waals surface area contributed by atoms with Gasteiger partial charge in [-0.2, -0.15) is 0 Å². The normalized spacial score (nSPS) is 12.0. The van der Waals surface area contributed by atoms with Crippen LogP contribution in [0.1, 0.15) is 20.3 Å². The molecule has 2 aromatic rings. The summed E-state index contributed by atoms with van der Waals surface area (Å²) in [6, 6.07) is 8.98. The minimum Gasteiger partial charge on any atom is -0.494 e. The van der Waals surface area contributed by atoms with Crippen molar-refractivity contribution in [2.45, 2.75) is 26.3 Å². The molecule has 5 heteroatoms. The van der Waals surface area contributed by atoms with Crippen molar-refractivity contribution in [1.29, 1.82) is 0 Å². The Kier molecular flexibility index (Phi) is 5.71. The van der Waals surface area contributed by atoms with Gasteiger partial charge in [-0.25, -0.2) is 0 Å². The number of methoxy groups -OCH3 is 1. The van der Waals surface area contributed by atoms with E-state index in [9.17, 15) is 4.79 Å². The summed E-state index contributed by atoms with van der Waals surface area (Å²) in [6.07, 6.45) is 4.06. The molecule has 1 heterocycles. The van der Waals surface area contributed by atoms with E-state index in [1.54, 1.807) is 19.5 Å². The van der Waals surface area contributed by atoms with Gasteiger partial charge < -0.3 is 15.8 Å². The van der Waals surface area contributed by atoms with Crippen LogP contribution >= 0.6 is 0 Å². The van der Waals surface area contributed by atoms with Gasteiger partial charge in [0.15, 0.2) is 0 Å². The number of anilines is 1. The highest BCUT2D eigenvalue weighted by molar-refractivity contribution is 5.94. The molecule has 0 aliphatic rings. The maximum absolute atomic E-state index is 12.0. The third-order valence-electron chi connectivity index (χ3n) is 3.53. The van der Waals surface area contributed by atoms with Gasteiger partial charge in [-0.15, -0.1) is 0 Å². The summed E-state index contributed by atoms with van der Waals surface area (Å²) in [6.45, 7) is 4.09. The lowest BCUT2D eigenvalue weighted by Gasteiger charge is -2.14. The fraction of sp³-hybridized carbons (Fsp3) is 0.333. The second kappa shape index (κ2) is 7.74. The van der Waals surface area contributed by atoms with E-state index in [1.807, 2.05) is 44.2 Å². The van der Waals surface area contributed by atoms with Crippen LogP contribution in [0, 0.1) is 5.92 Å². The van der Waals surface area contributed by atoms with E-state index in [-0.39, 0.29) is 5.91 Å². The second-order valence-electron chi connectivity index (χ2n) is 5.88. The molecule has 0 radical (unpaired) electrons. The summed E-state index contributed by atoms with van der Waals surface area (Å²) in [5, 5.41) is 2.85. The van der Waals surface area contributed by atoms with Gasteiger partial charge in [0.2, 0.25) is 5.91 Å². The van der Waals surface area contributed by atoms with E-state index in [2.05, 4.69) is 10.3 Å². The number of hydrogen-bond donors (Lipinski definition) is 2. The molecule has 1 amide bonds. The minimum absolute atomic E-state index is 0.159. The average Bonchev–Trinajstić information content (AvgIpc) is 2.55. The predicted molar refractivity (Wildman–Crippen MR) is 92.3 cm³/mol. The molecule has 122 valence electrons. The third kappa shape index (κ3) is 4.53. The van der Waals surface area contributed by atoms with E-state index in [0.717, 1.165) is 16.8 Å². The second-order valence-corrected chi connectivity index (χ2v) is 5.88. The lowest BCUT2D eigenvalue weighted by atomic mass is 10.0. The minimum atomic E-state index is -0.491. The topological polar surface area (TPSA) is 77.2 Å². The fourth-order valence-electron chi connectivity index (χ4n) is 2.36. The number of benzene rings is 1. The monoisotopic (exact) mass is 313 g/mol. The molecule has 1 atom stereocenters. The van der Waals surface area contributed by atoms with Gasteiger partial charge in [0.05, 0.1) is 19.3 Å². The van der Waals surface area contributed by atoms with Crippen molar-refractivity contribution in [2.24, 2.45) is 11.7 Å². The van der Waals surface area contributed by atoms with E-state index >= 15 is 0 Å². The Bertz CT molecular complexity index is 654. The van der Waals surface area contributed by atoms with Crippen molar-refractivity contribution in [1.82, 2.24) is 4.98 Å². The summed E-state index contributed by atoms with van der Waals surface area (Å²) in [5.74, 6) is 0.938. The number of nitrogens with two attached hydrogens (primary N) is 1. The van der Waals surface area contributed by atoms with Crippen LogP contribution in [-0.4, -0.2) is 24.0 Å². The molecule has 1 aromatic carbocycles. The SMILES string of the molecule is COc1cnccc1-c1ccc(NC(=O)[C@H](N)CC(C)C)cc1. The first kappa shape index (κ1) is 17.0. The molecule has 3 N–H and O–H groups in total. The lowest BCUT2D eigenvalue weighted by Crippen LogP contribution is -2.36. The van der Waals surface area contributed by atoms with Gasteiger partial charge in [-0.3, -0.25) is 9.78 Å². The van der Waals surface area contributed by atoms with Crippen molar-refractivity contribution in [3.8, 4) is 16.9 Å². The molecule has 0 aliphatic heterocycles. The molecule has 0 aliphatic carbocycles. The molecule has 0 unspecified atom stereocenters. The highest BCUT2D eigenvalue weighted by Crippen LogP contribution is 2.29. The summed E-state index contributed by atoms with van der Waals surface area (Å²) in [5.41, 5.74) is 8.57. The number of amides is 1. The first-order chi connectivity index (χ1) is 11.0. The van der Waals surface area contributed by atoms with Crippen LogP contribution in [-0.2, 0) is 4.79 Å². The van der Waals surface area contributed by atoms with Gasteiger partial charge in [0, 0.05) is 17.4 Å². The maximum Gasteiger partial charge on any atom is 0.241 e. The first-order valence-corrected chi connectivity index (χ1v) is 7.66. The largest absolute Gasteiger partial charge is 0.494 e. The first-order valence-electron chi connectivity index (χ1n) is 7.66. The van der Waals surface area contributed by atoms with Crippen molar-refractivity contribution in [3.05, 3.63) is 42.7 Å². The molecule has 0 spiro atoms. The Morgan fingerprint density at radius 1 is 1.26 bits per heavy atom. The van der Waals surface area contributed by atoms with Crippen LogP contribution < -0.4 is 15.8 Å². The van der Waals surface area contributed by atoms with Crippen LogP contribution in [0.3, 0.4) is 0 Å². The van der Waals surface area contributed by atoms with Crippen molar-refractivity contribution in [2.75, 3.05) is 12.4 Å². The van der Waals surface area contributed by atoms with Crippen molar-refractivity contribution in [3.63, 3.8) is 0 Å². The quantitative estimate of drug-likeness (QED) is 0.859. The Labute approximate surface area is 136 Å². The van der Waals surface area contributed by atoms with Crippen LogP contribution in [0.15, 0.2) is 42.7 Å². The Morgan fingerprint density at radius 2 is 1.96 bits per heavy atom. The standard InChI is InChI=1S/C18H23N3O2/c1-12(2)10-16(19)18(22)21-14-6-4-13(5-7-14)15-8-9-20-11-17(15)23-3/h4-9,11-12,16H,10,19H2,1-3H3,(H,21,22)/t16-/m1/s1. The van der Waals surface area contributed by atoms with Crippen molar-refractivity contribution < 1.29 is 9.53 Å². The van der Waals surface area contributed by atoms with Crippen LogP contribution in [0.2, 0.25) is 0 Å². The van der Waals surface area contributed by atoms with Gasteiger partial charge in [-0.05, 0) is 36.1 Å². The molecular formula is C18H23N3O2. The van der Waals surface area contributed by atoms with Gasteiger partial charge in [0.1, 0.15) is 5.75 Å². The maximum atomic E-state index is 12.0. The van der Waals surface area contributed by atoms with Crippen LogP contribution in [0.25, 0.3) is 11.1 Å². The average molecular weight is 313 g/mol. The number of carbonyl (C=O) groups excluding carboxylic acids is 1. The molecular weight excluding hydrogens is 290 g/mol. The number of ether oxygens (including phenoxy) is 1. The zero-order valence-electron chi connectivity index (χ0n) is 13.7. The molecule has 0 saturated carbocycles. The molecule has 0 saturated heterocycles. The number of rotatable bonds is 6. The lowest BCUT2D eigenvalue weighted by molar-refractivity contribution is -0.117. The molecule has 23 heavy (non-hydrogen) atoms. The summed E-state index contributed by atoms with van der Waals surface area (Å²) >= 11 is 0. The Hall–Kier alpha value is -2.40. The molecule has 2 rings (SSSR count). The molecule has 1 aromatic heterocycles. The number of pyridine rings is 1. The summed E-state index contributed by atoms with van der Waals surface area (Å²) in [4.78, 5) is 16.1. The number of carbonyl (C=O) groups is 1. The third-order valence-corrected chi connectivity index (χ3v) is 3.53. The van der Waals surface area contributed by atoms with Gasteiger partial charge >= 0.3 is 0 Å². The van der Waals surface area contributed by atoms with Gasteiger partial charge in [-0.1, -0.05) is 26.0 Å².